The van der Waals surface area contributed by atoms with Crippen molar-refractivity contribution in [2.45, 2.75) is 25.8 Å². The van der Waals surface area contributed by atoms with Gasteiger partial charge in [-0.05, 0) is 67.1 Å². The molecule has 1 aromatic heterocycles. The number of fused-ring (bicyclic) bond motifs is 1. The maximum absolute atomic E-state index is 13.5. The van der Waals surface area contributed by atoms with E-state index >= 15 is 0 Å². The molecule has 2 heterocycles. The monoisotopic (exact) mass is 290 g/mol. The van der Waals surface area contributed by atoms with Crippen molar-refractivity contribution in [1.82, 2.24) is 0 Å². The molecule has 1 aromatic carbocycles. The molecule has 1 unspecified atom stereocenters. The van der Waals surface area contributed by atoms with Gasteiger partial charge in [0.2, 0.25) is 0 Å². The number of thiophene rings is 1. The first-order valence-corrected chi connectivity index (χ1v) is 7.90. The Bertz CT molecular complexity index is 608. The summed E-state index contributed by atoms with van der Waals surface area (Å²) in [5.41, 5.74) is 9.21. The fourth-order valence-corrected chi connectivity index (χ4v) is 3.99. The van der Waals surface area contributed by atoms with Crippen LogP contribution in [0.1, 0.15) is 29.0 Å². The van der Waals surface area contributed by atoms with Crippen LogP contribution < -0.4 is 10.6 Å². The molecule has 106 valence electrons. The van der Waals surface area contributed by atoms with E-state index in [0.717, 1.165) is 24.2 Å². The molecular formula is C16H19FN2S. The van der Waals surface area contributed by atoms with Crippen molar-refractivity contribution >= 4 is 17.0 Å². The van der Waals surface area contributed by atoms with E-state index in [-0.39, 0.29) is 5.82 Å². The highest BCUT2D eigenvalue weighted by molar-refractivity contribution is 7.10. The molecule has 1 aliphatic heterocycles. The highest BCUT2D eigenvalue weighted by Gasteiger charge is 2.26. The van der Waals surface area contributed by atoms with E-state index in [4.69, 9.17) is 5.73 Å². The Morgan fingerprint density at radius 1 is 1.40 bits per heavy atom. The van der Waals surface area contributed by atoms with Crippen LogP contribution in [0.2, 0.25) is 0 Å². The fourth-order valence-electron chi connectivity index (χ4n) is 3.03. The summed E-state index contributed by atoms with van der Waals surface area (Å²) in [6.07, 6.45) is 1.78. The number of hydrogen-bond acceptors (Lipinski definition) is 3. The first-order chi connectivity index (χ1) is 9.70. The maximum Gasteiger partial charge on any atom is 0.123 e. The van der Waals surface area contributed by atoms with Crippen molar-refractivity contribution in [2.24, 2.45) is 5.73 Å². The van der Waals surface area contributed by atoms with Crippen LogP contribution in [0.4, 0.5) is 10.1 Å². The van der Waals surface area contributed by atoms with Gasteiger partial charge < -0.3 is 10.6 Å². The first kappa shape index (κ1) is 13.6. The van der Waals surface area contributed by atoms with E-state index in [1.165, 1.54) is 10.4 Å². The summed E-state index contributed by atoms with van der Waals surface area (Å²) in [7, 11) is 0. The average Bonchev–Trinajstić information content (AvgIpc) is 2.90. The van der Waals surface area contributed by atoms with E-state index in [9.17, 15) is 4.39 Å². The summed E-state index contributed by atoms with van der Waals surface area (Å²) >= 11 is 1.84. The quantitative estimate of drug-likeness (QED) is 0.937. The van der Waals surface area contributed by atoms with Crippen LogP contribution in [-0.2, 0) is 12.8 Å². The molecule has 0 amide bonds. The van der Waals surface area contributed by atoms with Crippen LogP contribution in [-0.4, -0.2) is 13.1 Å². The van der Waals surface area contributed by atoms with Gasteiger partial charge in [0.05, 0.1) is 6.04 Å². The smallest absolute Gasteiger partial charge is 0.123 e. The first-order valence-electron chi connectivity index (χ1n) is 7.02. The molecule has 0 saturated heterocycles. The number of nitrogens with zero attached hydrogens (tertiary/aromatic N) is 1. The number of halogens is 1. The number of hydrogen-bond donors (Lipinski definition) is 1. The number of nitrogens with two attached hydrogens (primary N) is 1. The second kappa shape index (κ2) is 5.54. The molecule has 1 atom stereocenters. The third kappa shape index (κ3) is 2.34. The molecular weight excluding hydrogens is 271 g/mol. The van der Waals surface area contributed by atoms with E-state index in [0.29, 0.717) is 19.0 Å². The van der Waals surface area contributed by atoms with Gasteiger partial charge in [0.1, 0.15) is 5.82 Å². The summed E-state index contributed by atoms with van der Waals surface area (Å²) in [5, 5.41) is 2.16. The van der Waals surface area contributed by atoms with E-state index in [1.54, 1.807) is 12.1 Å². The van der Waals surface area contributed by atoms with Gasteiger partial charge in [-0.15, -0.1) is 11.3 Å². The summed E-state index contributed by atoms with van der Waals surface area (Å²) in [6, 6.07) is 7.62. The SMILES string of the molecule is CC1c2ccsc2CCN1c1ccc(F)cc1CCN. The summed E-state index contributed by atoms with van der Waals surface area (Å²) in [6.45, 7) is 3.75. The number of anilines is 1. The molecule has 2 aromatic rings. The Hall–Kier alpha value is -1.39. The van der Waals surface area contributed by atoms with Gasteiger partial charge in [0.15, 0.2) is 0 Å². The highest BCUT2D eigenvalue weighted by Crippen LogP contribution is 2.37. The minimum absolute atomic E-state index is 0.182. The fraction of sp³-hybridized carbons (Fsp3) is 0.375. The molecule has 2 nitrogen and oxygen atoms in total. The topological polar surface area (TPSA) is 29.3 Å². The van der Waals surface area contributed by atoms with Crippen molar-refractivity contribution in [2.75, 3.05) is 18.0 Å². The second-order valence-corrected chi connectivity index (χ2v) is 6.23. The molecule has 0 spiro atoms. The van der Waals surface area contributed by atoms with E-state index in [2.05, 4.69) is 23.3 Å². The Kier molecular flexibility index (Phi) is 3.76. The van der Waals surface area contributed by atoms with Crippen molar-refractivity contribution in [3.8, 4) is 0 Å². The van der Waals surface area contributed by atoms with Crippen LogP contribution in [0.25, 0.3) is 0 Å². The molecule has 20 heavy (non-hydrogen) atoms. The van der Waals surface area contributed by atoms with Gasteiger partial charge in [-0.25, -0.2) is 4.39 Å². The molecule has 1 aliphatic rings. The standard InChI is InChI=1S/C16H19FN2S/c1-11-14-6-9-20-16(14)5-8-19(11)15-3-2-13(17)10-12(15)4-7-18/h2-3,6,9-11H,4-5,7-8,18H2,1H3. The van der Waals surface area contributed by atoms with Crippen molar-refractivity contribution in [3.63, 3.8) is 0 Å². The largest absolute Gasteiger partial charge is 0.364 e. The van der Waals surface area contributed by atoms with Gasteiger partial charge in [-0.1, -0.05) is 0 Å². The normalized spacial score (nSPS) is 18.1. The third-order valence-corrected chi connectivity index (χ3v) is 5.04. The average molecular weight is 290 g/mol. The number of benzene rings is 1. The molecule has 0 aliphatic carbocycles. The Balaban J connectivity index is 1.98. The van der Waals surface area contributed by atoms with Crippen LogP contribution in [0, 0.1) is 5.82 Å². The molecule has 3 rings (SSSR count). The lowest BCUT2D eigenvalue weighted by Gasteiger charge is -2.37. The molecule has 0 bridgehead atoms. The predicted molar refractivity (Wildman–Crippen MR) is 82.9 cm³/mol. The van der Waals surface area contributed by atoms with Crippen LogP contribution in [0.5, 0.6) is 0 Å². The van der Waals surface area contributed by atoms with Crippen LogP contribution >= 0.6 is 11.3 Å². The lowest BCUT2D eigenvalue weighted by molar-refractivity contribution is 0.614. The van der Waals surface area contributed by atoms with Crippen molar-refractivity contribution < 1.29 is 4.39 Å². The van der Waals surface area contributed by atoms with Gasteiger partial charge in [-0.2, -0.15) is 0 Å². The van der Waals surface area contributed by atoms with Gasteiger partial charge in [-0.3, -0.25) is 0 Å². The molecule has 0 radical (unpaired) electrons. The van der Waals surface area contributed by atoms with E-state index in [1.807, 2.05) is 17.4 Å². The number of rotatable bonds is 3. The molecule has 2 N–H and O–H groups in total. The van der Waals surface area contributed by atoms with Crippen molar-refractivity contribution in [3.05, 3.63) is 51.5 Å². The zero-order valence-electron chi connectivity index (χ0n) is 11.6. The Morgan fingerprint density at radius 3 is 3.05 bits per heavy atom. The minimum Gasteiger partial charge on any atom is -0.364 e. The highest BCUT2D eigenvalue weighted by atomic mass is 32.1. The molecule has 0 fully saturated rings. The lowest BCUT2D eigenvalue weighted by atomic mass is 9.98. The predicted octanol–water partition coefficient (Wildman–Crippen LogP) is 3.51. The summed E-state index contributed by atoms with van der Waals surface area (Å²) < 4.78 is 13.5. The van der Waals surface area contributed by atoms with Gasteiger partial charge in [0.25, 0.3) is 0 Å². The Labute approximate surface area is 123 Å². The third-order valence-electron chi connectivity index (χ3n) is 4.04. The second-order valence-electron chi connectivity index (χ2n) is 5.23. The Morgan fingerprint density at radius 2 is 2.25 bits per heavy atom. The van der Waals surface area contributed by atoms with Gasteiger partial charge in [0, 0.05) is 17.1 Å². The summed E-state index contributed by atoms with van der Waals surface area (Å²) in [5.74, 6) is -0.182. The zero-order chi connectivity index (χ0) is 14.1. The minimum atomic E-state index is -0.182. The van der Waals surface area contributed by atoms with Gasteiger partial charge >= 0.3 is 0 Å². The van der Waals surface area contributed by atoms with E-state index < -0.39 is 0 Å². The van der Waals surface area contributed by atoms with Crippen molar-refractivity contribution in [1.29, 1.82) is 0 Å². The molecule has 4 heteroatoms. The lowest BCUT2D eigenvalue weighted by Crippen LogP contribution is -2.34. The zero-order valence-corrected chi connectivity index (χ0v) is 12.4. The summed E-state index contributed by atoms with van der Waals surface area (Å²) in [4.78, 5) is 3.86. The van der Waals surface area contributed by atoms with Crippen LogP contribution in [0.15, 0.2) is 29.6 Å². The van der Waals surface area contributed by atoms with Crippen LogP contribution in [0.3, 0.4) is 0 Å². The maximum atomic E-state index is 13.5. The molecule has 0 saturated carbocycles.